The van der Waals surface area contributed by atoms with Gasteiger partial charge in [-0.15, -0.1) is 0 Å². The van der Waals surface area contributed by atoms with E-state index in [-0.39, 0.29) is 17.8 Å². The zero-order valence-corrected chi connectivity index (χ0v) is 12.3. The fourth-order valence-corrected chi connectivity index (χ4v) is 2.45. The summed E-state index contributed by atoms with van der Waals surface area (Å²) in [5, 5.41) is 3.24. The summed E-state index contributed by atoms with van der Waals surface area (Å²) in [5.74, 6) is -0.0992. The largest absolute Gasteiger partial charge is 0.347 e. The van der Waals surface area contributed by atoms with Crippen LogP contribution in [0.15, 0.2) is 18.2 Å². The number of benzene rings is 1. The Balaban J connectivity index is 2.12. The first-order valence-corrected chi connectivity index (χ1v) is 6.90. The van der Waals surface area contributed by atoms with Crippen LogP contribution in [-0.2, 0) is 11.3 Å². The first-order chi connectivity index (χ1) is 9.49. The SMILES string of the molecule is Cc1ccc(CN2CCNCC2C(=O)N(C)C)cc1F. The Kier molecular flexibility index (Phi) is 4.73. The molecule has 1 saturated heterocycles. The van der Waals surface area contributed by atoms with Crippen LogP contribution in [0.1, 0.15) is 11.1 Å². The number of hydrogen-bond donors (Lipinski definition) is 1. The zero-order valence-electron chi connectivity index (χ0n) is 12.3. The van der Waals surface area contributed by atoms with Gasteiger partial charge in [0.2, 0.25) is 5.91 Å². The van der Waals surface area contributed by atoms with E-state index in [1.54, 1.807) is 38.1 Å². The van der Waals surface area contributed by atoms with Crippen molar-refractivity contribution in [2.75, 3.05) is 33.7 Å². The molecule has 1 N–H and O–H groups in total. The van der Waals surface area contributed by atoms with Crippen molar-refractivity contribution in [3.63, 3.8) is 0 Å². The summed E-state index contributed by atoms with van der Waals surface area (Å²) in [6.07, 6.45) is 0. The minimum atomic E-state index is -0.187. The number of carbonyl (C=O) groups excluding carboxylic acids is 1. The normalized spacial score (nSPS) is 19.9. The van der Waals surface area contributed by atoms with Gasteiger partial charge in [-0.25, -0.2) is 4.39 Å². The van der Waals surface area contributed by atoms with Crippen LogP contribution in [0.2, 0.25) is 0 Å². The van der Waals surface area contributed by atoms with Crippen molar-refractivity contribution in [2.24, 2.45) is 0 Å². The number of piperazine rings is 1. The molecule has 110 valence electrons. The molecule has 5 heteroatoms. The van der Waals surface area contributed by atoms with E-state index in [0.29, 0.717) is 18.7 Å². The van der Waals surface area contributed by atoms with Gasteiger partial charge in [-0.1, -0.05) is 12.1 Å². The minimum Gasteiger partial charge on any atom is -0.347 e. The Bertz CT molecular complexity index is 490. The minimum absolute atomic E-state index is 0.0878. The fourth-order valence-electron chi connectivity index (χ4n) is 2.45. The van der Waals surface area contributed by atoms with E-state index in [4.69, 9.17) is 0 Å². The van der Waals surface area contributed by atoms with Gasteiger partial charge in [0.05, 0.1) is 0 Å². The zero-order chi connectivity index (χ0) is 14.7. The van der Waals surface area contributed by atoms with Crippen LogP contribution < -0.4 is 5.32 Å². The first kappa shape index (κ1) is 14.9. The summed E-state index contributed by atoms with van der Waals surface area (Å²) in [6, 6.07) is 5.10. The van der Waals surface area contributed by atoms with Gasteiger partial charge in [0.15, 0.2) is 0 Å². The molecule has 4 nitrogen and oxygen atoms in total. The maximum Gasteiger partial charge on any atom is 0.240 e. The third-order valence-corrected chi connectivity index (χ3v) is 3.70. The van der Waals surface area contributed by atoms with Crippen LogP contribution in [0, 0.1) is 12.7 Å². The Morgan fingerprint density at radius 2 is 2.25 bits per heavy atom. The van der Waals surface area contributed by atoms with E-state index in [2.05, 4.69) is 10.2 Å². The standard InChI is InChI=1S/C15H22FN3O/c1-11-4-5-12(8-13(11)16)10-19-7-6-17-9-14(19)15(20)18(2)3/h4-5,8,14,17H,6-7,9-10H2,1-3H3. The second-order valence-electron chi connectivity index (χ2n) is 5.51. The Hall–Kier alpha value is -1.46. The van der Waals surface area contributed by atoms with E-state index in [9.17, 15) is 9.18 Å². The van der Waals surface area contributed by atoms with E-state index in [1.165, 1.54) is 0 Å². The molecular formula is C15H22FN3O. The van der Waals surface area contributed by atoms with Crippen LogP contribution in [0.5, 0.6) is 0 Å². The Morgan fingerprint density at radius 3 is 2.90 bits per heavy atom. The molecule has 0 spiro atoms. The number of nitrogens with zero attached hydrogens (tertiary/aromatic N) is 2. The molecule has 1 aliphatic rings. The lowest BCUT2D eigenvalue weighted by molar-refractivity contribution is -0.135. The number of hydrogen-bond acceptors (Lipinski definition) is 3. The predicted molar refractivity (Wildman–Crippen MR) is 76.9 cm³/mol. The van der Waals surface area contributed by atoms with Crippen molar-refractivity contribution >= 4 is 5.91 Å². The Morgan fingerprint density at radius 1 is 1.50 bits per heavy atom. The van der Waals surface area contributed by atoms with Crippen LogP contribution >= 0.6 is 0 Å². The Labute approximate surface area is 119 Å². The summed E-state index contributed by atoms with van der Waals surface area (Å²) in [5.41, 5.74) is 1.56. The molecule has 1 aromatic rings. The molecule has 0 aliphatic carbocycles. The predicted octanol–water partition coefficient (Wildman–Crippen LogP) is 0.996. The monoisotopic (exact) mass is 279 g/mol. The van der Waals surface area contributed by atoms with Crippen molar-refractivity contribution in [3.05, 3.63) is 35.1 Å². The van der Waals surface area contributed by atoms with Gasteiger partial charge >= 0.3 is 0 Å². The lowest BCUT2D eigenvalue weighted by Gasteiger charge is -2.36. The number of rotatable bonds is 3. The molecule has 1 atom stereocenters. The number of likely N-dealkylation sites (N-methyl/N-ethyl adjacent to an activating group) is 1. The number of carbonyl (C=O) groups is 1. The fraction of sp³-hybridized carbons (Fsp3) is 0.533. The number of halogens is 1. The number of amides is 1. The second kappa shape index (κ2) is 6.33. The second-order valence-corrected chi connectivity index (χ2v) is 5.51. The van der Waals surface area contributed by atoms with Crippen LogP contribution in [0.25, 0.3) is 0 Å². The highest BCUT2D eigenvalue weighted by Crippen LogP contribution is 2.15. The molecule has 1 amide bonds. The van der Waals surface area contributed by atoms with Gasteiger partial charge in [0.25, 0.3) is 0 Å². The van der Waals surface area contributed by atoms with E-state index in [1.807, 2.05) is 6.07 Å². The van der Waals surface area contributed by atoms with Crippen molar-refractivity contribution < 1.29 is 9.18 Å². The average molecular weight is 279 g/mol. The summed E-state index contributed by atoms with van der Waals surface area (Å²) < 4.78 is 13.6. The topological polar surface area (TPSA) is 35.6 Å². The molecule has 1 aliphatic heterocycles. The molecule has 1 heterocycles. The summed E-state index contributed by atoms with van der Waals surface area (Å²) in [7, 11) is 3.53. The molecule has 1 aromatic carbocycles. The highest BCUT2D eigenvalue weighted by molar-refractivity contribution is 5.81. The third-order valence-electron chi connectivity index (χ3n) is 3.70. The average Bonchev–Trinajstić information content (AvgIpc) is 2.42. The summed E-state index contributed by atoms with van der Waals surface area (Å²) >= 11 is 0. The molecule has 0 aromatic heterocycles. The lowest BCUT2D eigenvalue weighted by atomic mass is 10.1. The quantitative estimate of drug-likeness (QED) is 0.896. The van der Waals surface area contributed by atoms with Gasteiger partial charge in [0.1, 0.15) is 11.9 Å². The van der Waals surface area contributed by atoms with E-state index >= 15 is 0 Å². The maximum atomic E-state index is 13.6. The molecule has 2 rings (SSSR count). The van der Waals surface area contributed by atoms with Crippen molar-refractivity contribution in [1.29, 1.82) is 0 Å². The molecule has 0 bridgehead atoms. The van der Waals surface area contributed by atoms with Crippen molar-refractivity contribution in [1.82, 2.24) is 15.1 Å². The summed E-state index contributed by atoms with van der Waals surface area (Å²) in [6.45, 7) is 4.64. The van der Waals surface area contributed by atoms with Gasteiger partial charge in [-0.3, -0.25) is 9.69 Å². The first-order valence-electron chi connectivity index (χ1n) is 6.90. The third kappa shape index (κ3) is 3.35. The van der Waals surface area contributed by atoms with Gasteiger partial charge < -0.3 is 10.2 Å². The molecule has 1 fully saturated rings. The molecular weight excluding hydrogens is 257 g/mol. The van der Waals surface area contributed by atoms with Crippen molar-refractivity contribution in [2.45, 2.75) is 19.5 Å². The highest BCUT2D eigenvalue weighted by atomic mass is 19.1. The lowest BCUT2D eigenvalue weighted by Crippen LogP contribution is -2.57. The maximum absolute atomic E-state index is 13.6. The van der Waals surface area contributed by atoms with Crippen LogP contribution in [-0.4, -0.2) is 55.5 Å². The number of aryl methyl sites for hydroxylation is 1. The van der Waals surface area contributed by atoms with Gasteiger partial charge in [0, 0.05) is 40.3 Å². The summed E-state index contributed by atoms with van der Waals surface area (Å²) in [4.78, 5) is 15.9. The molecule has 0 saturated carbocycles. The van der Waals surface area contributed by atoms with Gasteiger partial charge in [-0.2, -0.15) is 0 Å². The smallest absolute Gasteiger partial charge is 0.240 e. The van der Waals surface area contributed by atoms with E-state index < -0.39 is 0 Å². The molecule has 0 radical (unpaired) electrons. The van der Waals surface area contributed by atoms with E-state index in [0.717, 1.165) is 18.7 Å². The van der Waals surface area contributed by atoms with Crippen molar-refractivity contribution in [3.8, 4) is 0 Å². The number of nitrogens with one attached hydrogen (secondary N) is 1. The molecule has 20 heavy (non-hydrogen) atoms. The van der Waals surface area contributed by atoms with Crippen LogP contribution in [0.4, 0.5) is 4.39 Å². The van der Waals surface area contributed by atoms with Crippen LogP contribution in [0.3, 0.4) is 0 Å². The van der Waals surface area contributed by atoms with Gasteiger partial charge in [-0.05, 0) is 24.1 Å². The highest BCUT2D eigenvalue weighted by Gasteiger charge is 2.29. The molecule has 1 unspecified atom stereocenters.